The van der Waals surface area contributed by atoms with E-state index in [1.807, 2.05) is 36.1 Å². The summed E-state index contributed by atoms with van der Waals surface area (Å²) in [5.41, 5.74) is 6.97. The van der Waals surface area contributed by atoms with E-state index in [2.05, 4.69) is 56.3 Å². The van der Waals surface area contributed by atoms with Gasteiger partial charge < -0.3 is 14.1 Å². The Hall–Kier alpha value is -3.79. The molecule has 4 heteroatoms. The van der Waals surface area contributed by atoms with E-state index in [4.69, 9.17) is 9.15 Å². The molecule has 4 nitrogen and oxygen atoms in total. The molecule has 0 bridgehead atoms. The fourth-order valence-corrected chi connectivity index (χ4v) is 4.45. The monoisotopic (exact) mass is 467 g/mol. The van der Waals surface area contributed by atoms with Gasteiger partial charge in [0.25, 0.3) is 0 Å². The van der Waals surface area contributed by atoms with Crippen LogP contribution in [-0.2, 0) is 4.79 Å². The molecule has 0 saturated heterocycles. The van der Waals surface area contributed by atoms with Crippen molar-refractivity contribution in [3.63, 3.8) is 0 Å². The minimum absolute atomic E-state index is 0.0391. The number of ether oxygens (including phenoxy) is 1. The quantitative estimate of drug-likeness (QED) is 0.236. The molecule has 0 aliphatic carbocycles. The van der Waals surface area contributed by atoms with Crippen LogP contribution < -0.4 is 4.74 Å². The summed E-state index contributed by atoms with van der Waals surface area (Å²) in [4.78, 5) is 14.9. The lowest BCUT2D eigenvalue weighted by Gasteiger charge is -2.20. The van der Waals surface area contributed by atoms with Gasteiger partial charge in [-0.1, -0.05) is 68.4 Å². The smallest absolute Gasteiger partial charge is 0.246 e. The minimum atomic E-state index is 0.0391. The maximum atomic E-state index is 12.9. The number of hydrogen-bond acceptors (Lipinski definition) is 3. The summed E-state index contributed by atoms with van der Waals surface area (Å²) in [5.74, 6) is 0.731. The van der Waals surface area contributed by atoms with Gasteiger partial charge in [0.15, 0.2) is 0 Å². The normalized spacial score (nSPS) is 11.6. The standard InChI is InChI=1S/C31H33NO3/c1-5-16-32(17-6-2)31(33)18-22(3)26-19-27-28(21-35-30(27)20-29(26)34-4)25-14-12-24(13-15-25)23-10-8-7-9-11-23/h7-15,18-21H,5-6,16-17H2,1-4H3/b22-18+. The average molecular weight is 468 g/mol. The SMILES string of the molecule is CCCN(CCC)C(=O)/C=C(\C)c1cc2c(-c3ccc(-c4ccccc4)cc3)coc2cc1OC. The van der Waals surface area contributed by atoms with Crippen molar-refractivity contribution in [2.24, 2.45) is 0 Å². The van der Waals surface area contributed by atoms with Crippen molar-refractivity contribution in [2.45, 2.75) is 33.6 Å². The highest BCUT2D eigenvalue weighted by Gasteiger charge is 2.16. The van der Waals surface area contributed by atoms with Crippen molar-refractivity contribution < 1.29 is 13.9 Å². The molecule has 3 aromatic carbocycles. The second-order valence-corrected chi connectivity index (χ2v) is 8.79. The van der Waals surface area contributed by atoms with E-state index in [9.17, 15) is 4.79 Å². The molecule has 0 unspecified atom stereocenters. The van der Waals surface area contributed by atoms with E-state index in [1.165, 1.54) is 11.1 Å². The first kappa shape index (κ1) is 24.3. The number of rotatable bonds is 9. The fraction of sp³-hybridized carbons (Fsp3) is 0.258. The van der Waals surface area contributed by atoms with Gasteiger partial charge >= 0.3 is 0 Å². The van der Waals surface area contributed by atoms with Crippen LogP contribution in [0.2, 0.25) is 0 Å². The number of carbonyl (C=O) groups excluding carboxylic acids is 1. The van der Waals surface area contributed by atoms with E-state index in [0.29, 0.717) is 5.75 Å². The van der Waals surface area contributed by atoms with Crippen LogP contribution in [0, 0.1) is 0 Å². The topological polar surface area (TPSA) is 42.7 Å². The molecule has 0 spiro atoms. The average Bonchev–Trinajstić information content (AvgIpc) is 3.31. The van der Waals surface area contributed by atoms with Gasteiger partial charge in [-0.25, -0.2) is 0 Å². The van der Waals surface area contributed by atoms with Gasteiger partial charge in [-0.2, -0.15) is 0 Å². The third-order valence-corrected chi connectivity index (χ3v) is 6.26. The zero-order valence-corrected chi connectivity index (χ0v) is 21.0. The van der Waals surface area contributed by atoms with Crippen LogP contribution in [0.4, 0.5) is 0 Å². The Bertz CT molecular complexity index is 1310. The summed E-state index contributed by atoms with van der Waals surface area (Å²) >= 11 is 0. The van der Waals surface area contributed by atoms with Crippen molar-refractivity contribution in [1.82, 2.24) is 4.90 Å². The summed E-state index contributed by atoms with van der Waals surface area (Å²) in [7, 11) is 1.65. The van der Waals surface area contributed by atoms with Gasteiger partial charge in [-0.15, -0.1) is 0 Å². The van der Waals surface area contributed by atoms with Gasteiger partial charge in [-0.05, 0) is 48.1 Å². The third kappa shape index (κ3) is 5.32. The molecule has 35 heavy (non-hydrogen) atoms. The third-order valence-electron chi connectivity index (χ3n) is 6.26. The van der Waals surface area contributed by atoms with E-state index in [1.54, 1.807) is 19.4 Å². The van der Waals surface area contributed by atoms with E-state index in [-0.39, 0.29) is 5.91 Å². The van der Waals surface area contributed by atoms with E-state index < -0.39 is 0 Å². The molecular weight excluding hydrogens is 434 g/mol. The van der Waals surface area contributed by atoms with Crippen molar-refractivity contribution >= 4 is 22.4 Å². The molecule has 180 valence electrons. The summed E-state index contributed by atoms with van der Waals surface area (Å²) in [6, 6.07) is 22.8. The highest BCUT2D eigenvalue weighted by atomic mass is 16.5. The molecule has 1 heterocycles. The lowest BCUT2D eigenvalue weighted by Crippen LogP contribution is -2.31. The first-order valence-electron chi connectivity index (χ1n) is 12.3. The largest absolute Gasteiger partial charge is 0.496 e. The highest BCUT2D eigenvalue weighted by Crippen LogP contribution is 2.38. The zero-order valence-electron chi connectivity index (χ0n) is 21.0. The maximum Gasteiger partial charge on any atom is 0.246 e. The predicted octanol–water partition coefficient (Wildman–Crippen LogP) is 7.83. The lowest BCUT2D eigenvalue weighted by atomic mass is 9.97. The Morgan fingerprint density at radius 2 is 1.54 bits per heavy atom. The van der Waals surface area contributed by atoms with Crippen molar-refractivity contribution in [2.75, 3.05) is 20.2 Å². The van der Waals surface area contributed by atoms with Gasteiger partial charge in [-0.3, -0.25) is 4.79 Å². The number of allylic oxidation sites excluding steroid dienone is 1. The second kappa shape index (κ2) is 11.1. The molecule has 0 fully saturated rings. The van der Waals surface area contributed by atoms with Gasteiger partial charge in [0.05, 0.1) is 13.4 Å². The van der Waals surface area contributed by atoms with Crippen LogP contribution in [0.25, 0.3) is 38.8 Å². The Labute approximate surface area is 207 Å². The molecule has 0 aliphatic rings. The molecule has 0 N–H and O–H groups in total. The Morgan fingerprint density at radius 1 is 0.914 bits per heavy atom. The summed E-state index contributed by atoms with van der Waals surface area (Å²) in [6.07, 6.45) is 5.40. The minimum Gasteiger partial charge on any atom is -0.496 e. The van der Waals surface area contributed by atoms with Crippen LogP contribution in [0.1, 0.15) is 39.2 Å². The molecule has 0 radical (unpaired) electrons. The van der Waals surface area contributed by atoms with Crippen LogP contribution >= 0.6 is 0 Å². The molecule has 0 saturated carbocycles. The maximum absolute atomic E-state index is 12.9. The highest BCUT2D eigenvalue weighted by molar-refractivity contribution is 6.00. The molecule has 4 rings (SSSR count). The number of amides is 1. The van der Waals surface area contributed by atoms with Gasteiger partial charge in [0, 0.05) is 41.7 Å². The van der Waals surface area contributed by atoms with Crippen LogP contribution in [0.5, 0.6) is 5.75 Å². The number of carbonyl (C=O) groups is 1. The number of benzene rings is 3. The zero-order chi connectivity index (χ0) is 24.8. The van der Waals surface area contributed by atoms with E-state index >= 15 is 0 Å². The number of fused-ring (bicyclic) bond motifs is 1. The molecular formula is C31H33NO3. The van der Waals surface area contributed by atoms with Crippen LogP contribution in [-0.4, -0.2) is 31.0 Å². The number of furan rings is 1. The molecule has 4 aromatic rings. The first-order valence-corrected chi connectivity index (χ1v) is 12.3. The molecule has 1 amide bonds. The number of hydrogen-bond donors (Lipinski definition) is 0. The number of methoxy groups -OCH3 is 1. The summed E-state index contributed by atoms with van der Waals surface area (Å²) < 4.78 is 11.6. The van der Waals surface area contributed by atoms with Gasteiger partial charge in [0.1, 0.15) is 11.3 Å². The van der Waals surface area contributed by atoms with Crippen molar-refractivity contribution in [3.8, 4) is 28.0 Å². The van der Waals surface area contributed by atoms with Crippen LogP contribution in [0.3, 0.4) is 0 Å². The Kier molecular flexibility index (Phi) is 7.71. The lowest BCUT2D eigenvalue weighted by molar-refractivity contribution is -0.126. The summed E-state index contributed by atoms with van der Waals surface area (Å²) in [6.45, 7) is 7.67. The fourth-order valence-electron chi connectivity index (χ4n) is 4.45. The summed E-state index contributed by atoms with van der Waals surface area (Å²) in [5, 5.41) is 0.993. The van der Waals surface area contributed by atoms with Crippen molar-refractivity contribution in [3.05, 3.63) is 84.6 Å². The predicted molar refractivity (Wildman–Crippen MR) is 144 cm³/mol. The molecule has 0 aliphatic heterocycles. The Balaban J connectivity index is 1.71. The molecule has 1 aromatic heterocycles. The van der Waals surface area contributed by atoms with Gasteiger partial charge in [0.2, 0.25) is 5.91 Å². The van der Waals surface area contributed by atoms with Crippen LogP contribution in [0.15, 0.2) is 83.5 Å². The second-order valence-electron chi connectivity index (χ2n) is 8.79. The molecule has 0 atom stereocenters. The van der Waals surface area contributed by atoms with E-state index in [0.717, 1.165) is 59.2 Å². The Morgan fingerprint density at radius 3 is 2.17 bits per heavy atom. The first-order chi connectivity index (χ1) is 17.0. The van der Waals surface area contributed by atoms with Crippen molar-refractivity contribution in [1.29, 1.82) is 0 Å². The number of nitrogens with zero attached hydrogens (tertiary/aromatic N) is 1.